The molecule has 1 atom stereocenters. The van der Waals surface area contributed by atoms with Crippen LogP contribution in [0.5, 0.6) is 0 Å². The molecule has 1 N–H and O–H groups in total. The first-order chi connectivity index (χ1) is 8.28. The van der Waals surface area contributed by atoms with Gasteiger partial charge < -0.3 is 10.2 Å². The molecule has 1 aliphatic heterocycles. The number of nitriles is 1. The maximum atomic E-state index is 8.65. The molecule has 0 saturated carbocycles. The van der Waals surface area contributed by atoms with E-state index < -0.39 is 0 Å². The number of rotatable bonds is 3. The molecule has 0 bridgehead atoms. The van der Waals surface area contributed by atoms with Gasteiger partial charge in [0.05, 0.1) is 11.9 Å². The minimum Gasteiger partial charge on any atom is -0.383 e. The number of hydrogen-bond donors (Lipinski definition) is 1. The lowest BCUT2D eigenvalue weighted by atomic mass is 9.98. The van der Waals surface area contributed by atoms with Crippen LogP contribution in [0.3, 0.4) is 0 Å². The fourth-order valence-electron chi connectivity index (χ4n) is 2.27. The summed E-state index contributed by atoms with van der Waals surface area (Å²) in [6.45, 7) is 3.36. The predicted octanol–water partition coefficient (Wildman–Crippen LogP) is 1.71. The van der Waals surface area contributed by atoms with Gasteiger partial charge >= 0.3 is 0 Å². The molecule has 0 spiro atoms. The van der Waals surface area contributed by atoms with E-state index in [0.29, 0.717) is 11.6 Å². The van der Waals surface area contributed by atoms with Gasteiger partial charge in [0.1, 0.15) is 11.8 Å². The highest BCUT2D eigenvalue weighted by Gasteiger charge is 2.16. The van der Waals surface area contributed by atoms with E-state index in [0.717, 1.165) is 18.8 Å². The number of anilines is 1. The Morgan fingerprint density at radius 2 is 2.47 bits per heavy atom. The van der Waals surface area contributed by atoms with E-state index in [1.165, 1.54) is 19.4 Å². The number of nitrogens with one attached hydrogen (secondary N) is 1. The molecule has 2 rings (SSSR count). The molecule has 4 heteroatoms. The second-order valence-electron chi connectivity index (χ2n) is 4.70. The standard InChI is InChI=1S/C13H18N4/c1-17-6-2-3-11(10-17)8-15-13-5-4-12(7-14)16-9-13/h4-5,9,11,15H,2-3,6,8,10H2,1H3. The Labute approximate surface area is 102 Å². The van der Waals surface area contributed by atoms with Gasteiger partial charge in [0.15, 0.2) is 0 Å². The second-order valence-corrected chi connectivity index (χ2v) is 4.70. The van der Waals surface area contributed by atoms with Crippen LogP contribution in [0.4, 0.5) is 5.69 Å². The third-order valence-electron chi connectivity index (χ3n) is 3.19. The first-order valence-corrected chi connectivity index (χ1v) is 6.06. The number of aromatic nitrogens is 1. The Kier molecular flexibility index (Phi) is 3.94. The largest absolute Gasteiger partial charge is 0.383 e. The van der Waals surface area contributed by atoms with Crippen LogP contribution in [-0.4, -0.2) is 36.6 Å². The van der Waals surface area contributed by atoms with Crippen molar-refractivity contribution in [3.63, 3.8) is 0 Å². The number of likely N-dealkylation sites (tertiary alicyclic amines) is 1. The van der Waals surface area contributed by atoms with Crippen molar-refractivity contribution < 1.29 is 0 Å². The van der Waals surface area contributed by atoms with Gasteiger partial charge in [-0.1, -0.05) is 0 Å². The van der Waals surface area contributed by atoms with Crippen LogP contribution < -0.4 is 5.32 Å². The van der Waals surface area contributed by atoms with E-state index in [4.69, 9.17) is 5.26 Å². The Balaban J connectivity index is 1.83. The van der Waals surface area contributed by atoms with Crippen molar-refractivity contribution in [2.75, 3.05) is 32.0 Å². The molecule has 90 valence electrons. The summed E-state index contributed by atoms with van der Waals surface area (Å²) in [4.78, 5) is 6.42. The van der Waals surface area contributed by atoms with E-state index in [-0.39, 0.29) is 0 Å². The summed E-state index contributed by atoms with van der Waals surface area (Å²) < 4.78 is 0. The Bertz CT molecular complexity index is 393. The smallest absolute Gasteiger partial charge is 0.140 e. The number of nitrogens with zero attached hydrogens (tertiary/aromatic N) is 3. The van der Waals surface area contributed by atoms with Gasteiger partial charge in [-0.15, -0.1) is 0 Å². The topological polar surface area (TPSA) is 52.0 Å². The molecule has 0 aliphatic carbocycles. The average molecular weight is 230 g/mol. The van der Waals surface area contributed by atoms with Crippen LogP contribution in [0.15, 0.2) is 18.3 Å². The molecule has 1 fully saturated rings. The molecular formula is C13H18N4. The highest BCUT2D eigenvalue weighted by Crippen LogP contribution is 2.16. The number of hydrogen-bond acceptors (Lipinski definition) is 4. The van der Waals surface area contributed by atoms with E-state index in [9.17, 15) is 0 Å². The highest BCUT2D eigenvalue weighted by molar-refractivity contribution is 5.42. The molecule has 1 aromatic rings. The molecule has 1 saturated heterocycles. The van der Waals surface area contributed by atoms with Crippen LogP contribution in [-0.2, 0) is 0 Å². The van der Waals surface area contributed by atoms with Crippen molar-refractivity contribution in [1.82, 2.24) is 9.88 Å². The molecule has 0 radical (unpaired) electrons. The summed E-state index contributed by atoms with van der Waals surface area (Å²) in [5.41, 5.74) is 1.46. The van der Waals surface area contributed by atoms with E-state index in [1.54, 1.807) is 12.3 Å². The summed E-state index contributed by atoms with van der Waals surface area (Å²) in [5.74, 6) is 0.712. The van der Waals surface area contributed by atoms with Crippen LogP contribution in [0.25, 0.3) is 0 Å². The first-order valence-electron chi connectivity index (χ1n) is 6.06. The fourth-order valence-corrected chi connectivity index (χ4v) is 2.27. The monoisotopic (exact) mass is 230 g/mol. The van der Waals surface area contributed by atoms with Crippen molar-refractivity contribution in [2.45, 2.75) is 12.8 Å². The third-order valence-corrected chi connectivity index (χ3v) is 3.19. The highest BCUT2D eigenvalue weighted by atomic mass is 15.1. The quantitative estimate of drug-likeness (QED) is 0.858. The molecule has 1 unspecified atom stereocenters. The zero-order valence-electron chi connectivity index (χ0n) is 10.2. The lowest BCUT2D eigenvalue weighted by molar-refractivity contribution is 0.217. The van der Waals surface area contributed by atoms with Gasteiger partial charge in [-0.2, -0.15) is 5.26 Å². The molecule has 17 heavy (non-hydrogen) atoms. The molecule has 1 aliphatic rings. The van der Waals surface area contributed by atoms with Crippen molar-refractivity contribution >= 4 is 5.69 Å². The van der Waals surface area contributed by atoms with E-state index >= 15 is 0 Å². The summed E-state index contributed by atoms with van der Waals surface area (Å²) >= 11 is 0. The number of piperidine rings is 1. The normalized spacial score (nSPS) is 20.8. The summed E-state index contributed by atoms with van der Waals surface area (Å²) in [6.07, 6.45) is 4.31. The predicted molar refractivity (Wildman–Crippen MR) is 67.7 cm³/mol. The molecule has 0 aromatic carbocycles. The van der Waals surface area contributed by atoms with E-state index in [1.807, 2.05) is 12.1 Å². The SMILES string of the molecule is CN1CCCC(CNc2ccc(C#N)nc2)C1. The summed E-state index contributed by atoms with van der Waals surface area (Å²) in [7, 11) is 2.18. The number of pyridine rings is 1. The van der Waals surface area contributed by atoms with Gasteiger partial charge in [0.2, 0.25) is 0 Å². The Morgan fingerprint density at radius 3 is 3.12 bits per heavy atom. The second kappa shape index (κ2) is 5.65. The Morgan fingerprint density at radius 1 is 1.59 bits per heavy atom. The zero-order valence-corrected chi connectivity index (χ0v) is 10.2. The van der Waals surface area contributed by atoms with Gasteiger partial charge in [-0.25, -0.2) is 4.98 Å². The van der Waals surface area contributed by atoms with Crippen LogP contribution in [0, 0.1) is 17.2 Å². The summed E-state index contributed by atoms with van der Waals surface area (Å²) in [6, 6.07) is 5.68. The van der Waals surface area contributed by atoms with Crippen molar-refractivity contribution in [3.05, 3.63) is 24.0 Å². The maximum absolute atomic E-state index is 8.65. The minimum atomic E-state index is 0.466. The van der Waals surface area contributed by atoms with Gasteiger partial charge in [0, 0.05) is 13.1 Å². The van der Waals surface area contributed by atoms with Crippen LogP contribution in [0.2, 0.25) is 0 Å². The minimum absolute atomic E-state index is 0.466. The van der Waals surface area contributed by atoms with Gasteiger partial charge in [0.25, 0.3) is 0 Å². The van der Waals surface area contributed by atoms with E-state index in [2.05, 4.69) is 22.2 Å². The Hall–Kier alpha value is -1.60. The van der Waals surface area contributed by atoms with Crippen molar-refractivity contribution in [2.24, 2.45) is 5.92 Å². The van der Waals surface area contributed by atoms with Gasteiger partial charge in [-0.05, 0) is 44.5 Å². The zero-order chi connectivity index (χ0) is 12.1. The van der Waals surface area contributed by atoms with Crippen LogP contribution >= 0.6 is 0 Å². The van der Waals surface area contributed by atoms with Crippen molar-refractivity contribution in [3.8, 4) is 6.07 Å². The molecule has 1 aromatic heterocycles. The summed E-state index contributed by atoms with van der Waals surface area (Å²) in [5, 5.41) is 12.0. The average Bonchev–Trinajstić information content (AvgIpc) is 2.37. The van der Waals surface area contributed by atoms with Gasteiger partial charge in [-0.3, -0.25) is 0 Å². The third kappa shape index (κ3) is 3.43. The lowest BCUT2D eigenvalue weighted by Gasteiger charge is -2.29. The van der Waals surface area contributed by atoms with Crippen LogP contribution in [0.1, 0.15) is 18.5 Å². The van der Waals surface area contributed by atoms with Crippen molar-refractivity contribution in [1.29, 1.82) is 5.26 Å². The molecule has 4 nitrogen and oxygen atoms in total. The fraction of sp³-hybridized carbons (Fsp3) is 0.538. The first kappa shape index (κ1) is 11.9. The maximum Gasteiger partial charge on any atom is 0.140 e. The molecule has 2 heterocycles. The lowest BCUT2D eigenvalue weighted by Crippen LogP contribution is -2.35. The molecular weight excluding hydrogens is 212 g/mol. The molecule has 0 amide bonds.